The second kappa shape index (κ2) is 6.66. The molecule has 0 aliphatic rings. The van der Waals surface area contributed by atoms with Crippen molar-refractivity contribution in [2.24, 2.45) is 0 Å². The van der Waals surface area contributed by atoms with Crippen LogP contribution in [0.1, 0.15) is 10.4 Å². The predicted molar refractivity (Wildman–Crippen MR) is 79.2 cm³/mol. The first-order valence-corrected chi connectivity index (χ1v) is 8.61. The van der Waals surface area contributed by atoms with Crippen LogP contribution < -0.4 is 5.32 Å². The Morgan fingerprint density at radius 2 is 1.95 bits per heavy atom. The van der Waals surface area contributed by atoms with E-state index in [4.69, 9.17) is 5.26 Å². The zero-order valence-corrected chi connectivity index (χ0v) is 12.4. The second-order valence-corrected chi connectivity index (χ2v) is 7.35. The van der Waals surface area contributed by atoms with Crippen LogP contribution in [0.4, 0.5) is 0 Å². The highest BCUT2D eigenvalue weighted by Gasteiger charge is 2.13. The third-order valence-electron chi connectivity index (χ3n) is 2.77. The molecule has 0 bridgehead atoms. The zero-order chi connectivity index (χ0) is 14.4. The van der Waals surface area contributed by atoms with Crippen molar-refractivity contribution in [1.29, 1.82) is 5.26 Å². The molecule has 1 heterocycles. The van der Waals surface area contributed by atoms with E-state index in [-0.39, 0.29) is 10.6 Å². The van der Waals surface area contributed by atoms with Gasteiger partial charge in [-0.25, -0.2) is 8.42 Å². The molecule has 0 amide bonds. The average molecular weight is 306 g/mol. The van der Waals surface area contributed by atoms with E-state index in [1.807, 2.05) is 23.6 Å². The Morgan fingerprint density at radius 3 is 2.55 bits per heavy atom. The first-order valence-electron chi connectivity index (χ1n) is 6.08. The van der Waals surface area contributed by atoms with Crippen molar-refractivity contribution in [2.45, 2.75) is 11.4 Å². The van der Waals surface area contributed by atoms with Crippen LogP contribution in [-0.2, 0) is 16.4 Å². The predicted octanol–water partition coefficient (Wildman–Crippen LogP) is 2.18. The molecule has 2 rings (SSSR count). The van der Waals surface area contributed by atoms with Crippen molar-refractivity contribution in [3.63, 3.8) is 0 Å². The Balaban J connectivity index is 1.88. The minimum Gasteiger partial charge on any atom is -0.311 e. The summed E-state index contributed by atoms with van der Waals surface area (Å²) < 4.78 is 24.1. The summed E-state index contributed by atoms with van der Waals surface area (Å²) in [6, 6.07) is 11.9. The molecule has 0 saturated carbocycles. The van der Waals surface area contributed by atoms with Gasteiger partial charge < -0.3 is 5.32 Å². The van der Waals surface area contributed by atoms with Gasteiger partial charge in [-0.2, -0.15) is 5.26 Å². The number of hydrogen-bond acceptors (Lipinski definition) is 5. The summed E-state index contributed by atoms with van der Waals surface area (Å²) in [6.07, 6.45) is 0. The summed E-state index contributed by atoms with van der Waals surface area (Å²) in [6.45, 7) is 1.08. The first-order chi connectivity index (χ1) is 9.62. The van der Waals surface area contributed by atoms with E-state index in [1.165, 1.54) is 29.1 Å². The molecule has 0 saturated heterocycles. The molecular formula is C14H14N2O2S2. The van der Waals surface area contributed by atoms with Gasteiger partial charge in [0.15, 0.2) is 9.84 Å². The monoisotopic (exact) mass is 306 g/mol. The fourth-order valence-electron chi connectivity index (χ4n) is 1.69. The number of nitriles is 1. The average Bonchev–Trinajstić information content (AvgIpc) is 2.97. The molecule has 1 N–H and O–H groups in total. The Labute approximate surface area is 122 Å². The van der Waals surface area contributed by atoms with E-state index >= 15 is 0 Å². The minimum absolute atomic E-state index is 0.0459. The molecule has 0 spiro atoms. The number of sulfone groups is 1. The quantitative estimate of drug-likeness (QED) is 0.831. The molecule has 20 heavy (non-hydrogen) atoms. The smallest absolute Gasteiger partial charge is 0.179 e. The van der Waals surface area contributed by atoms with Crippen molar-refractivity contribution in [2.75, 3.05) is 12.3 Å². The highest BCUT2D eigenvalue weighted by molar-refractivity contribution is 7.91. The fraction of sp³-hybridized carbons (Fsp3) is 0.214. The van der Waals surface area contributed by atoms with Crippen molar-refractivity contribution >= 4 is 21.2 Å². The van der Waals surface area contributed by atoms with Gasteiger partial charge in [-0.05, 0) is 35.7 Å². The summed E-state index contributed by atoms with van der Waals surface area (Å²) >= 11 is 1.64. The number of hydrogen-bond donors (Lipinski definition) is 1. The van der Waals surface area contributed by atoms with E-state index in [2.05, 4.69) is 5.32 Å². The molecule has 104 valence electrons. The van der Waals surface area contributed by atoms with E-state index in [0.717, 1.165) is 0 Å². The van der Waals surface area contributed by atoms with E-state index in [1.54, 1.807) is 11.3 Å². The number of thiophene rings is 1. The van der Waals surface area contributed by atoms with Crippen LogP contribution in [0.5, 0.6) is 0 Å². The van der Waals surface area contributed by atoms with Gasteiger partial charge in [-0.1, -0.05) is 6.07 Å². The summed E-state index contributed by atoms with van der Waals surface area (Å²) in [5, 5.41) is 13.8. The van der Waals surface area contributed by atoms with Gasteiger partial charge in [-0.3, -0.25) is 0 Å². The molecule has 0 radical (unpaired) electrons. The lowest BCUT2D eigenvalue weighted by molar-refractivity contribution is 0.591. The summed E-state index contributed by atoms with van der Waals surface area (Å²) in [4.78, 5) is 1.44. The molecule has 0 aliphatic heterocycles. The van der Waals surface area contributed by atoms with E-state index in [0.29, 0.717) is 18.7 Å². The van der Waals surface area contributed by atoms with E-state index < -0.39 is 9.84 Å². The molecule has 6 heteroatoms. The van der Waals surface area contributed by atoms with Crippen LogP contribution in [-0.4, -0.2) is 20.7 Å². The second-order valence-electron chi connectivity index (χ2n) is 4.21. The number of rotatable bonds is 6. The Kier molecular flexibility index (Phi) is 4.90. The lowest BCUT2D eigenvalue weighted by atomic mass is 10.2. The molecule has 0 atom stereocenters. The van der Waals surface area contributed by atoms with Gasteiger partial charge in [0.1, 0.15) is 0 Å². The van der Waals surface area contributed by atoms with Crippen LogP contribution in [0.25, 0.3) is 0 Å². The highest BCUT2D eigenvalue weighted by Crippen LogP contribution is 2.12. The Hall–Kier alpha value is -1.68. The van der Waals surface area contributed by atoms with Crippen molar-refractivity contribution in [1.82, 2.24) is 5.32 Å². The maximum Gasteiger partial charge on any atom is 0.179 e. The summed E-state index contributed by atoms with van der Waals surface area (Å²) in [7, 11) is -3.29. The molecule has 0 aliphatic carbocycles. The largest absolute Gasteiger partial charge is 0.311 e. The fourth-order valence-corrected chi connectivity index (χ4v) is 3.56. The van der Waals surface area contributed by atoms with Crippen LogP contribution in [0.3, 0.4) is 0 Å². The Bertz CT molecular complexity index is 684. The van der Waals surface area contributed by atoms with Crippen molar-refractivity contribution in [3.05, 3.63) is 52.2 Å². The maximum absolute atomic E-state index is 12.1. The lowest BCUT2D eigenvalue weighted by Gasteiger charge is -2.05. The molecule has 0 unspecified atom stereocenters. The first kappa shape index (κ1) is 14.7. The van der Waals surface area contributed by atoms with Gasteiger partial charge in [0.2, 0.25) is 0 Å². The van der Waals surface area contributed by atoms with Gasteiger partial charge in [0.05, 0.1) is 22.3 Å². The molecular weight excluding hydrogens is 292 g/mol. The van der Waals surface area contributed by atoms with E-state index in [9.17, 15) is 8.42 Å². The maximum atomic E-state index is 12.1. The highest BCUT2D eigenvalue weighted by atomic mass is 32.2. The van der Waals surface area contributed by atoms with Crippen LogP contribution in [0.2, 0.25) is 0 Å². The molecule has 1 aromatic carbocycles. The van der Waals surface area contributed by atoms with Gasteiger partial charge in [0.25, 0.3) is 0 Å². The van der Waals surface area contributed by atoms with Crippen LogP contribution >= 0.6 is 11.3 Å². The van der Waals surface area contributed by atoms with Gasteiger partial charge in [0, 0.05) is 18.0 Å². The SMILES string of the molecule is N#Cc1ccc(S(=O)(=O)CCNCc2cccs2)cc1. The van der Waals surface area contributed by atoms with Crippen molar-refractivity contribution in [3.8, 4) is 6.07 Å². The minimum atomic E-state index is -3.29. The van der Waals surface area contributed by atoms with Crippen LogP contribution in [0.15, 0.2) is 46.7 Å². The number of nitrogens with zero attached hydrogens (tertiary/aromatic N) is 1. The van der Waals surface area contributed by atoms with Crippen molar-refractivity contribution < 1.29 is 8.42 Å². The molecule has 1 aromatic heterocycles. The van der Waals surface area contributed by atoms with Gasteiger partial charge in [-0.15, -0.1) is 11.3 Å². The molecule has 2 aromatic rings. The molecule has 4 nitrogen and oxygen atoms in total. The number of benzene rings is 1. The molecule has 0 fully saturated rings. The summed E-state index contributed by atoms with van der Waals surface area (Å²) in [5.74, 6) is 0.0459. The topological polar surface area (TPSA) is 70.0 Å². The third kappa shape index (κ3) is 3.90. The standard InChI is InChI=1S/C14H14N2O2S2/c15-10-12-3-5-14(6-4-12)20(17,18)9-7-16-11-13-2-1-8-19-13/h1-6,8,16H,7,9,11H2. The Morgan fingerprint density at radius 1 is 1.20 bits per heavy atom. The normalized spacial score (nSPS) is 11.2. The lowest BCUT2D eigenvalue weighted by Crippen LogP contribution is -2.22. The van der Waals surface area contributed by atoms with Crippen LogP contribution in [0, 0.1) is 11.3 Å². The third-order valence-corrected chi connectivity index (χ3v) is 5.38. The van der Waals surface area contributed by atoms with Gasteiger partial charge >= 0.3 is 0 Å². The summed E-state index contributed by atoms with van der Waals surface area (Å²) in [5.41, 5.74) is 0.458. The number of nitrogens with one attached hydrogen (secondary N) is 1. The zero-order valence-electron chi connectivity index (χ0n) is 10.7.